The quantitative estimate of drug-likeness (QED) is 0.231. The van der Waals surface area contributed by atoms with Gasteiger partial charge in [0.2, 0.25) is 0 Å². The number of hydrogen-bond acceptors (Lipinski definition) is 5. The van der Waals surface area contributed by atoms with Crippen LogP contribution in [0.5, 0.6) is 11.5 Å². The summed E-state index contributed by atoms with van der Waals surface area (Å²) in [5.41, 5.74) is 6.15. The molecule has 0 aliphatic rings. The number of rotatable bonds is 8. The first kappa shape index (κ1) is 25.0. The van der Waals surface area contributed by atoms with Gasteiger partial charge in [-0.3, -0.25) is 4.79 Å². The molecule has 2 aromatic heterocycles. The maximum absolute atomic E-state index is 14.2. The van der Waals surface area contributed by atoms with Crippen molar-refractivity contribution in [2.24, 2.45) is 0 Å². The van der Waals surface area contributed by atoms with Gasteiger partial charge >= 0.3 is 0 Å². The maximum atomic E-state index is 14.2. The summed E-state index contributed by atoms with van der Waals surface area (Å²) in [5, 5.41) is 8.35. The molecule has 0 radical (unpaired) electrons. The molecule has 4 aromatic carbocycles. The van der Waals surface area contributed by atoms with Crippen molar-refractivity contribution < 1.29 is 9.47 Å². The van der Waals surface area contributed by atoms with Crippen LogP contribution in [0.15, 0.2) is 114 Å². The predicted molar refractivity (Wildman–Crippen MR) is 159 cm³/mol. The number of benzene rings is 4. The first-order valence-electron chi connectivity index (χ1n) is 13.0. The number of anilines is 1. The van der Waals surface area contributed by atoms with Gasteiger partial charge in [-0.1, -0.05) is 84.9 Å². The van der Waals surface area contributed by atoms with Gasteiger partial charge in [0, 0.05) is 12.1 Å². The van der Waals surface area contributed by atoms with Crippen molar-refractivity contribution in [2.45, 2.75) is 6.54 Å². The van der Waals surface area contributed by atoms with E-state index in [1.165, 1.54) is 4.52 Å². The monoisotopic (exact) mass is 528 g/mol. The molecule has 0 bridgehead atoms. The molecule has 7 nitrogen and oxygen atoms in total. The first-order valence-corrected chi connectivity index (χ1v) is 13.0. The third-order valence-corrected chi connectivity index (χ3v) is 6.90. The van der Waals surface area contributed by atoms with Crippen molar-refractivity contribution in [3.63, 3.8) is 0 Å². The lowest BCUT2D eigenvalue weighted by Crippen LogP contribution is -2.20. The maximum Gasteiger partial charge on any atom is 0.284 e. The molecule has 2 heterocycles. The average molecular weight is 529 g/mol. The smallest absolute Gasteiger partial charge is 0.284 e. The molecule has 2 N–H and O–H groups in total. The van der Waals surface area contributed by atoms with E-state index in [2.05, 4.69) is 10.3 Å². The minimum atomic E-state index is -0.226. The normalized spacial score (nSPS) is 10.9. The number of ether oxygens (including phenoxy) is 2. The summed E-state index contributed by atoms with van der Waals surface area (Å²) in [4.78, 5) is 17.8. The molecule has 198 valence electrons. The van der Waals surface area contributed by atoms with E-state index in [-0.39, 0.29) is 5.56 Å². The van der Waals surface area contributed by atoms with Gasteiger partial charge in [0.25, 0.3) is 5.56 Å². The number of nitrogens with zero attached hydrogens (tertiary/aromatic N) is 2. The fraction of sp³-hybridized carbons (Fsp3) is 0.0909. The third kappa shape index (κ3) is 4.69. The van der Waals surface area contributed by atoms with Crippen LogP contribution in [0.3, 0.4) is 0 Å². The van der Waals surface area contributed by atoms with Crippen LogP contribution < -0.4 is 20.3 Å². The molecular weight excluding hydrogens is 500 g/mol. The SMILES string of the molecule is COc1ccc(CNc2[nH]c3c(-c4ccccc4)c(-c4ccccc4)nn3c(=O)c2-c2ccc(OC)cc2)cc1. The molecule has 0 atom stereocenters. The zero-order chi connectivity index (χ0) is 27.5. The molecule has 0 fully saturated rings. The minimum absolute atomic E-state index is 0.226. The Labute approximate surface area is 231 Å². The Balaban J connectivity index is 1.57. The van der Waals surface area contributed by atoms with Gasteiger partial charge in [0.15, 0.2) is 0 Å². The number of hydrogen-bond donors (Lipinski definition) is 2. The first-order chi connectivity index (χ1) is 19.7. The van der Waals surface area contributed by atoms with Crippen molar-refractivity contribution in [1.29, 1.82) is 0 Å². The van der Waals surface area contributed by atoms with Gasteiger partial charge < -0.3 is 19.8 Å². The second-order valence-electron chi connectivity index (χ2n) is 9.33. The van der Waals surface area contributed by atoms with Crippen LogP contribution in [0.2, 0.25) is 0 Å². The van der Waals surface area contributed by atoms with Crippen LogP contribution in [0.25, 0.3) is 39.2 Å². The van der Waals surface area contributed by atoms with Crippen LogP contribution in [0.1, 0.15) is 5.56 Å². The van der Waals surface area contributed by atoms with Crippen LogP contribution in [-0.4, -0.2) is 28.8 Å². The van der Waals surface area contributed by atoms with E-state index in [1.54, 1.807) is 14.2 Å². The van der Waals surface area contributed by atoms with Crippen molar-refractivity contribution in [3.8, 4) is 45.0 Å². The number of nitrogens with one attached hydrogen (secondary N) is 2. The fourth-order valence-electron chi connectivity index (χ4n) is 4.84. The third-order valence-electron chi connectivity index (χ3n) is 6.90. The average Bonchev–Trinajstić information content (AvgIpc) is 3.41. The molecule has 0 unspecified atom stereocenters. The molecule has 0 aliphatic carbocycles. The fourth-order valence-corrected chi connectivity index (χ4v) is 4.84. The van der Waals surface area contributed by atoms with Crippen molar-refractivity contribution in [3.05, 3.63) is 125 Å². The molecule has 40 heavy (non-hydrogen) atoms. The molecule has 0 saturated heterocycles. The van der Waals surface area contributed by atoms with E-state index in [4.69, 9.17) is 14.6 Å². The van der Waals surface area contributed by atoms with Crippen molar-refractivity contribution >= 4 is 11.5 Å². The zero-order valence-corrected chi connectivity index (χ0v) is 22.2. The molecular formula is C33H28N4O3. The second-order valence-corrected chi connectivity index (χ2v) is 9.33. The number of aromatic nitrogens is 3. The Morgan fingerprint density at radius 2 is 1.25 bits per heavy atom. The molecule has 0 saturated carbocycles. The lowest BCUT2D eigenvalue weighted by atomic mass is 10.0. The van der Waals surface area contributed by atoms with Crippen LogP contribution in [0.4, 0.5) is 5.82 Å². The van der Waals surface area contributed by atoms with Crippen LogP contribution in [-0.2, 0) is 6.54 Å². The van der Waals surface area contributed by atoms with Gasteiger partial charge in [-0.25, -0.2) is 0 Å². The Morgan fingerprint density at radius 1 is 0.700 bits per heavy atom. The number of H-pyrrole nitrogens is 1. The summed E-state index contributed by atoms with van der Waals surface area (Å²) < 4.78 is 12.1. The number of methoxy groups -OCH3 is 2. The Kier molecular flexibility index (Phi) is 6.77. The van der Waals surface area contributed by atoms with E-state index in [9.17, 15) is 4.79 Å². The predicted octanol–water partition coefficient (Wildman–Crippen LogP) is 6.65. The lowest BCUT2D eigenvalue weighted by molar-refractivity contribution is 0.414. The van der Waals surface area contributed by atoms with Gasteiger partial charge in [0.05, 0.1) is 25.3 Å². The highest BCUT2D eigenvalue weighted by atomic mass is 16.5. The summed E-state index contributed by atoms with van der Waals surface area (Å²) in [7, 11) is 3.27. The lowest BCUT2D eigenvalue weighted by Gasteiger charge is -2.14. The molecule has 0 spiro atoms. The molecule has 6 aromatic rings. The van der Waals surface area contributed by atoms with Crippen LogP contribution in [0, 0.1) is 0 Å². The van der Waals surface area contributed by atoms with E-state index < -0.39 is 0 Å². The zero-order valence-electron chi connectivity index (χ0n) is 22.2. The van der Waals surface area contributed by atoms with Crippen molar-refractivity contribution in [1.82, 2.24) is 14.6 Å². The minimum Gasteiger partial charge on any atom is -0.497 e. The van der Waals surface area contributed by atoms with Gasteiger partial charge in [-0.2, -0.15) is 9.61 Å². The van der Waals surface area contributed by atoms with Crippen molar-refractivity contribution in [2.75, 3.05) is 19.5 Å². The Hall–Kier alpha value is -5.30. The second kappa shape index (κ2) is 10.8. The summed E-state index contributed by atoms with van der Waals surface area (Å²) >= 11 is 0. The van der Waals surface area contributed by atoms with Crippen LogP contribution >= 0.6 is 0 Å². The molecule has 0 amide bonds. The van der Waals surface area contributed by atoms with E-state index in [0.717, 1.165) is 39.3 Å². The highest BCUT2D eigenvalue weighted by Gasteiger charge is 2.22. The van der Waals surface area contributed by atoms with Gasteiger partial charge in [-0.15, -0.1) is 0 Å². The molecule has 6 rings (SSSR count). The standard InChI is InChI=1S/C33H28N4O3/c1-39-26-17-13-22(14-18-26)21-34-31-29(24-15-19-27(40-2)20-16-24)33(38)37-32(35-31)28(23-9-5-3-6-10-23)30(36-37)25-11-7-4-8-12-25/h3-20,34-35H,21H2,1-2H3. The summed E-state index contributed by atoms with van der Waals surface area (Å²) in [6.07, 6.45) is 0. The van der Waals surface area contributed by atoms with E-state index >= 15 is 0 Å². The highest BCUT2D eigenvalue weighted by Crippen LogP contribution is 2.36. The molecule has 7 heteroatoms. The van der Waals surface area contributed by atoms with E-state index in [1.807, 2.05) is 109 Å². The number of fused-ring (bicyclic) bond motifs is 1. The highest BCUT2D eigenvalue weighted by molar-refractivity contribution is 5.92. The van der Waals surface area contributed by atoms with E-state index in [0.29, 0.717) is 29.3 Å². The Morgan fingerprint density at radius 3 is 1.85 bits per heavy atom. The molecule has 0 aliphatic heterocycles. The largest absolute Gasteiger partial charge is 0.497 e. The number of aromatic amines is 1. The van der Waals surface area contributed by atoms with Gasteiger partial charge in [-0.05, 0) is 41.0 Å². The summed E-state index contributed by atoms with van der Waals surface area (Å²) in [6.45, 7) is 0.500. The topological polar surface area (TPSA) is 80.6 Å². The summed E-state index contributed by atoms with van der Waals surface area (Å²) in [6, 6.07) is 35.2. The van der Waals surface area contributed by atoms with Gasteiger partial charge in [0.1, 0.15) is 28.7 Å². The Bertz CT molecular complexity index is 1810. The summed E-state index contributed by atoms with van der Waals surface area (Å²) in [5.74, 6) is 2.11.